The molecule has 0 unspecified atom stereocenters. The number of nitrogens with zero attached hydrogens (tertiary/aromatic N) is 2. The summed E-state index contributed by atoms with van der Waals surface area (Å²) in [5, 5.41) is 1.28. The van der Waals surface area contributed by atoms with E-state index in [1.165, 1.54) is 23.4 Å². The van der Waals surface area contributed by atoms with Gasteiger partial charge in [-0.1, -0.05) is 0 Å². The van der Waals surface area contributed by atoms with Crippen LogP contribution in [0, 0.1) is 0 Å². The summed E-state index contributed by atoms with van der Waals surface area (Å²) in [5.74, 6) is 1.41. The first-order chi connectivity index (χ1) is 8.07. The maximum absolute atomic E-state index is 6.00. The largest absolute Gasteiger partial charge is 0.383 e. The van der Waals surface area contributed by atoms with Crippen LogP contribution in [-0.2, 0) is 4.74 Å². The van der Waals surface area contributed by atoms with Gasteiger partial charge in [-0.2, -0.15) is 4.37 Å². The Balaban J connectivity index is 1.88. The van der Waals surface area contributed by atoms with Crippen molar-refractivity contribution < 1.29 is 4.74 Å². The molecule has 1 aromatic rings. The second-order valence-electron chi connectivity index (χ2n) is 5.59. The molecule has 2 N–H and O–H groups in total. The van der Waals surface area contributed by atoms with E-state index in [9.17, 15) is 0 Å². The number of nitrogens with two attached hydrogens (primary N) is 1. The van der Waals surface area contributed by atoms with E-state index in [0.29, 0.717) is 5.92 Å². The molecule has 1 aliphatic carbocycles. The minimum absolute atomic E-state index is 0.0716. The molecule has 4 nitrogen and oxygen atoms in total. The summed E-state index contributed by atoms with van der Waals surface area (Å²) in [6.45, 7) is 6.94. The molecule has 0 bridgehead atoms. The fourth-order valence-corrected chi connectivity index (χ4v) is 3.40. The smallest absolute Gasteiger partial charge is 0.142 e. The molecule has 2 aliphatic rings. The maximum Gasteiger partial charge on any atom is 0.142 e. The average molecular weight is 253 g/mol. The van der Waals surface area contributed by atoms with Crippen LogP contribution in [-0.4, -0.2) is 29.7 Å². The van der Waals surface area contributed by atoms with Gasteiger partial charge in [0.2, 0.25) is 0 Å². The first-order valence-electron chi connectivity index (χ1n) is 6.21. The van der Waals surface area contributed by atoms with Gasteiger partial charge in [0.1, 0.15) is 10.8 Å². The molecule has 0 amide bonds. The second-order valence-corrected chi connectivity index (χ2v) is 6.34. The van der Waals surface area contributed by atoms with Gasteiger partial charge in [-0.15, -0.1) is 0 Å². The number of morpholine rings is 1. The Labute approximate surface area is 106 Å². The fraction of sp³-hybridized carbons (Fsp3) is 0.750. The van der Waals surface area contributed by atoms with Crippen molar-refractivity contribution >= 4 is 22.4 Å². The SMILES string of the molecule is CC1(C)CN(c2snc(N)c2C2CC2)CCO1. The third-order valence-electron chi connectivity index (χ3n) is 3.44. The summed E-state index contributed by atoms with van der Waals surface area (Å²) in [4.78, 5) is 2.39. The topological polar surface area (TPSA) is 51.4 Å². The predicted molar refractivity (Wildman–Crippen MR) is 70.7 cm³/mol. The van der Waals surface area contributed by atoms with Crippen molar-refractivity contribution in [3.63, 3.8) is 0 Å². The highest BCUT2D eigenvalue weighted by atomic mass is 32.1. The first kappa shape index (κ1) is 11.3. The first-order valence-corrected chi connectivity index (χ1v) is 6.98. The maximum atomic E-state index is 6.00. The molecule has 1 saturated heterocycles. The predicted octanol–water partition coefficient (Wildman–Crippen LogP) is 2.22. The molecule has 1 aliphatic heterocycles. The molecule has 0 spiro atoms. The van der Waals surface area contributed by atoms with Gasteiger partial charge in [-0.3, -0.25) is 0 Å². The van der Waals surface area contributed by atoms with E-state index in [2.05, 4.69) is 23.1 Å². The average Bonchev–Trinajstić information content (AvgIpc) is 3.01. The third-order valence-corrected chi connectivity index (χ3v) is 4.37. The zero-order chi connectivity index (χ0) is 12.0. The number of nitrogen functional groups attached to an aromatic ring is 1. The molecule has 2 heterocycles. The van der Waals surface area contributed by atoms with E-state index in [1.54, 1.807) is 11.5 Å². The molecular weight excluding hydrogens is 234 g/mol. The second kappa shape index (κ2) is 3.85. The van der Waals surface area contributed by atoms with Crippen LogP contribution in [0.3, 0.4) is 0 Å². The van der Waals surface area contributed by atoms with Crippen molar-refractivity contribution in [3.05, 3.63) is 5.56 Å². The Bertz CT molecular complexity index is 425. The Kier molecular flexibility index (Phi) is 2.56. The zero-order valence-corrected chi connectivity index (χ0v) is 11.2. The highest BCUT2D eigenvalue weighted by Crippen LogP contribution is 2.49. The van der Waals surface area contributed by atoms with E-state index in [-0.39, 0.29) is 5.60 Å². The van der Waals surface area contributed by atoms with Gasteiger partial charge in [0, 0.05) is 18.7 Å². The number of hydrogen-bond acceptors (Lipinski definition) is 5. The number of anilines is 2. The lowest BCUT2D eigenvalue weighted by atomic mass is 10.1. The van der Waals surface area contributed by atoms with Crippen molar-refractivity contribution in [1.29, 1.82) is 0 Å². The lowest BCUT2D eigenvalue weighted by Gasteiger charge is -2.39. The third kappa shape index (κ3) is 2.13. The Morgan fingerprint density at radius 1 is 1.47 bits per heavy atom. The quantitative estimate of drug-likeness (QED) is 0.878. The molecule has 17 heavy (non-hydrogen) atoms. The van der Waals surface area contributed by atoms with Crippen LogP contribution >= 0.6 is 11.5 Å². The van der Waals surface area contributed by atoms with Gasteiger partial charge in [0.05, 0.1) is 12.2 Å². The number of hydrogen-bond donors (Lipinski definition) is 1. The summed E-state index contributed by atoms with van der Waals surface area (Å²) >= 11 is 1.55. The minimum atomic E-state index is -0.0716. The van der Waals surface area contributed by atoms with Gasteiger partial charge >= 0.3 is 0 Å². The normalized spacial score (nSPS) is 24.0. The highest BCUT2D eigenvalue weighted by molar-refractivity contribution is 7.10. The summed E-state index contributed by atoms with van der Waals surface area (Å²) < 4.78 is 10.1. The molecule has 0 radical (unpaired) electrons. The van der Waals surface area contributed by atoms with E-state index in [0.717, 1.165) is 25.5 Å². The Hall–Kier alpha value is -0.810. The van der Waals surface area contributed by atoms with Crippen molar-refractivity contribution in [1.82, 2.24) is 4.37 Å². The Morgan fingerprint density at radius 3 is 2.88 bits per heavy atom. The van der Waals surface area contributed by atoms with Crippen LogP contribution in [0.1, 0.15) is 38.2 Å². The van der Waals surface area contributed by atoms with E-state index >= 15 is 0 Å². The van der Waals surface area contributed by atoms with Crippen LogP contribution in [0.4, 0.5) is 10.8 Å². The van der Waals surface area contributed by atoms with Crippen LogP contribution < -0.4 is 10.6 Å². The van der Waals surface area contributed by atoms with Gasteiger partial charge in [0.25, 0.3) is 0 Å². The van der Waals surface area contributed by atoms with Crippen LogP contribution in [0.2, 0.25) is 0 Å². The van der Waals surface area contributed by atoms with Crippen LogP contribution in [0.5, 0.6) is 0 Å². The van der Waals surface area contributed by atoms with Crippen molar-refractivity contribution in [2.75, 3.05) is 30.3 Å². The number of ether oxygens (including phenoxy) is 1. The van der Waals surface area contributed by atoms with Gasteiger partial charge < -0.3 is 15.4 Å². The monoisotopic (exact) mass is 253 g/mol. The molecular formula is C12H19N3OS. The Morgan fingerprint density at radius 2 is 2.24 bits per heavy atom. The fourth-order valence-electron chi connectivity index (χ4n) is 2.47. The van der Waals surface area contributed by atoms with Crippen molar-refractivity contribution in [2.24, 2.45) is 0 Å². The van der Waals surface area contributed by atoms with E-state index in [4.69, 9.17) is 10.5 Å². The molecule has 0 atom stereocenters. The molecule has 3 rings (SSSR count). The molecule has 1 saturated carbocycles. The molecule has 94 valence electrons. The molecule has 2 fully saturated rings. The molecule has 0 aromatic carbocycles. The lowest BCUT2D eigenvalue weighted by molar-refractivity contribution is -0.0275. The lowest BCUT2D eigenvalue weighted by Crippen LogP contribution is -2.48. The van der Waals surface area contributed by atoms with E-state index in [1.807, 2.05) is 0 Å². The van der Waals surface area contributed by atoms with Crippen molar-refractivity contribution in [3.8, 4) is 0 Å². The molecule has 5 heteroatoms. The number of aromatic nitrogens is 1. The highest BCUT2D eigenvalue weighted by Gasteiger charge is 2.35. The van der Waals surface area contributed by atoms with Gasteiger partial charge in [0.15, 0.2) is 0 Å². The minimum Gasteiger partial charge on any atom is -0.383 e. The summed E-state index contributed by atoms with van der Waals surface area (Å²) in [6, 6.07) is 0. The van der Waals surface area contributed by atoms with Crippen LogP contribution in [0.25, 0.3) is 0 Å². The summed E-state index contributed by atoms with van der Waals surface area (Å²) in [7, 11) is 0. The molecule has 1 aromatic heterocycles. The van der Waals surface area contributed by atoms with E-state index < -0.39 is 0 Å². The van der Waals surface area contributed by atoms with Gasteiger partial charge in [-0.05, 0) is 44.1 Å². The van der Waals surface area contributed by atoms with Gasteiger partial charge in [-0.25, -0.2) is 0 Å². The summed E-state index contributed by atoms with van der Waals surface area (Å²) in [6.07, 6.45) is 2.53. The standard InChI is InChI=1S/C12H19N3OS/c1-12(2)7-15(5-6-16-12)11-9(8-3-4-8)10(13)14-17-11/h8H,3-7H2,1-2H3,(H2,13,14). The van der Waals surface area contributed by atoms with Crippen molar-refractivity contribution in [2.45, 2.75) is 38.2 Å². The van der Waals surface area contributed by atoms with Crippen LogP contribution in [0.15, 0.2) is 0 Å². The number of rotatable bonds is 2. The summed E-state index contributed by atoms with van der Waals surface area (Å²) in [5.41, 5.74) is 7.23. The zero-order valence-electron chi connectivity index (χ0n) is 10.4.